The molecule has 0 bridgehead atoms. The van der Waals surface area contributed by atoms with Gasteiger partial charge in [-0.1, -0.05) is 22.8 Å². The number of ether oxygens (including phenoxy) is 1. The summed E-state index contributed by atoms with van der Waals surface area (Å²) in [6, 6.07) is 7.65. The third kappa shape index (κ3) is 3.29. The lowest BCUT2D eigenvalue weighted by atomic mass is 10.1. The topological polar surface area (TPSA) is 61.0 Å². The first-order valence-corrected chi connectivity index (χ1v) is 6.92. The second-order valence-corrected chi connectivity index (χ2v) is 5.04. The van der Waals surface area contributed by atoms with Gasteiger partial charge in [-0.15, -0.1) is 0 Å². The Hall–Kier alpha value is -2.54. The molecule has 0 atom stereocenters. The minimum atomic E-state index is -2.73. The van der Waals surface area contributed by atoms with Crippen molar-refractivity contribution in [2.24, 2.45) is 0 Å². The minimum Gasteiger partial charge on any atom is -0.438 e. The summed E-state index contributed by atoms with van der Waals surface area (Å²) in [4.78, 5) is 7.96. The first-order valence-electron chi connectivity index (χ1n) is 6.54. The van der Waals surface area contributed by atoms with Crippen LogP contribution in [0.2, 0.25) is 5.02 Å². The van der Waals surface area contributed by atoms with Crippen molar-refractivity contribution in [2.45, 2.75) is 13.3 Å². The highest BCUT2D eigenvalue weighted by molar-refractivity contribution is 6.33. The van der Waals surface area contributed by atoms with Crippen molar-refractivity contribution in [3.63, 3.8) is 0 Å². The van der Waals surface area contributed by atoms with Crippen LogP contribution >= 0.6 is 11.6 Å². The van der Waals surface area contributed by atoms with Crippen LogP contribution in [0.5, 0.6) is 11.6 Å². The average Bonchev–Trinajstić information content (AvgIpc) is 2.97. The summed E-state index contributed by atoms with van der Waals surface area (Å²) in [6.07, 6.45) is -1.37. The first-order chi connectivity index (χ1) is 11.0. The van der Waals surface area contributed by atoms with Crippen LogP contribution in [0, 0.1) is 6.92 Å². The molecule has 0 spiro atoms. The van der Waals surface area contributed by atoms with Gasteiger partial charge in [0.05, 0.1) is 10.6 Å². The fraction of sp³-hybridized carbons (Fsp3) is 0.133. The van der Waals surface area contributed by atoms with Crippen molar-refractivity contribution < 1.29 is 18.0 Å². The van der Waals surface area contributed by atoms with E-state index in [0.717, 1.165) is 11.8 Å². The van der Waals surface area contributed by atoms with E-state index in [1.54, 1.807) is 31.2 Å². The predicted molar refractivity (Wildman–Crippen MR) is 78.7 cm³/mol. The van der Waals surface area contributed by atoms with Crippen LogP contribution in [0.3, 0.4) is 0 Å². The maximum absolute atomic E-state index is 12.7. The van der Waals surface area contributed by atoms with Gasteiger partial charge in [0.15, 0.2) is 5.76 Å². The van der Waals surface area contributed by atoms with Crippen molar-refractivity contribution in [3.8, 4) is 23.0 Å². The van der Waals surface area contributed by atoms with Gasteiger partial charge in [-0.2, -0.15) is 0 Å². The third-order valence-electron chi connectivity index (χ3n) is 2.97. The minimum absolute atomic E-state index is 0.0895. The summed E-state index contributed by atoms with van der Waals surface area (Å²) < 4.78 is 36.0. The smallest absolute Gasteiger partial charge is 0.283 e. The molecule has 118 valence electrons. The van der Waals surface area contributed by atoms with Gasteiger partial charge in [0.2, 0.25) is 5.88 Å². The molecule has 3 rings (SSSR count). The Morgan fingerprint density at radius 1 is 1.22 bits per heavy atom. The molecule has 0 radical (unpaired) electrons. The number of hydrogen-bond acceptors (Lipinski definition) is 5. The fourth-order valence-corrected chi connectivity index (χ4v) is 2.20. The van der Waals surface area contributed by atoms with Crippen LogP contribution in [0.15, 0.2) is 41.2 Å². The van der Waals surface area contributed by atoms with E-state index in [9.17, 15) is 8.78 Å². The maximum Gasteiger partial charge on any atom is 0.283 e. The molecule has 5 nitrogen and oxygen atoms in total. The van der Waals surface area contributed by atoms with Gasteiger partial charge >= 0.3 is 0 Å². The third-order valence-corrected chi connectivity index (χ3v) is 3.28. The molecule has 2 heterocycles. The maximum atomic E-state index is 12.7. The molecule has 0 N–H and O–H groups in total. The summed E-state index contributed by atoms with van der Waals surface area (Å²) in [7, 11) is 0. The second kappa shape index (κ2) is 6.29. The van der Waals surface area contributed by atoms with E-state index >= 15 is 0 Å². The molecular weight excluding hydrogens is 328 g/mol. The van der Waals surface area contributed by atoms with Gasteiger partial charge in [0, 0.05) is 17.8 Å². The molecule has 1 aromatic carbocycles. The summed E-state index contributed by atoms with van der Waals surface area (Å²) in [6.45, 7) is 1.79. The van der Waals surface area contributed by atoms with Crippen molar-refractivity contribution in [1.82, 2.24) is 15.1 Å². The van der Waals surface area contributed by atoms with E-state index in [1.165, 1.54) is 6.33 Å². The summed E-state index contributed by atoms with van der Waals surface area (Å²) >= 11 is 6.16. The summed E-state index contributed by atoms with van der Waals surface area (Å²) in [5, 5.41) is 3.61. The van der Waals surface area contributed by atoms with E-state index < -0.39 is 12.1 Å². The lowest BCUT2D eigenvalue weighted by molar-refractivity contribution is 0.140. The van der Waals surface area contributed by atoms with Crippen LogP contribution in [0.4, 0.5) is 8.78 Å². The zero-order chi connectivity index (χ0) is 16.4. The Labute approximate surface area is 134 Å². The van der Waals surface area contributed by atoms with E-state index in [2.05, 4.69) is 15.1 Å². The number of aryl methyl sites for hydroxylation is 1. The Balaban J connectivity index is 2.02. The van der Waals surface area contributed by atoms with Crippen molar-refractivity contribution in [3.05, 3.63) is 53.1 Å². The standard InChI is InChI=1S/C15H10ClF2N3O2/c1-8-5-13(20-7-19-8)22-11-4-2-3-9(16)14(11)12-6-10(15(17)18)21-23-12/h2-7,15H,1H3. The van der Waals surface area contributed by atoms with E-state index in [1.807, 2.05) is 0 Å². The molecular formula is C15H10ClF2N3O2. The summed E-state index contributed by atoms with van der Waals surface area (Å²) in [5.74, 6) is 0.703. The SMILES string of the molecule is Cc1cc(Oc2cccc(Cl)c2-c2cc(C(F)F)no2)ncn1. The van der Waals surface area contributed by atoms with Crippen LogP contribution in [-0.4, -0.2) is 15.1 Å². The molecule has 0 amide bonds. The lowest BCUT2D eigenvalue weighted by Gasteiger charge is -2.10. The van der Waals surface area contributed by atoms with Crippen LogP contribution < -0.4 is 4.74 Å². The van der Waals surface area contributed by atoms with Gasteiger partial charge in [-0.05, 0) is 19.1 Å². The zero-order valence-corrected chi connectivity index (χ0v) is 12.6. The van der Waals surface area contributed by atoms with Crippen LogP contribution in [0.1, 0.15) is 17.8 Å². The number of halogens is 3. The molecule has 0 aliphatic rings. The highest BCUT2D eigenvalue weighted by atomic mass is 35.5. The van der Waals surface area contributed by atoms with Gasteiger partial charge in [0.25, 0.3) is 6.43 Å². The van der Waals surface area contributed by atoms with E-state index in [-0.39, 0.29) is 10.8 Å². The Morgan fingerprint density at radius 3 is 2.74 bits per heavy atom. The van der Waals surface area contributed by atoms with Gasteiger partial charge in [-0.25, -0.2) is 18.7 Å². The molecule has 0 unspecified atom stereocenters. The normalized spacial score (nSPS) is 11.0. The Morgan fingerprint density at radius 2 is 2.04 bits per heavy atom. The highest BCUT2D eigenvalue weighted by Gasteiger charge is 2.20. The van der Waals surface area contributed by atoms with Crippen molar-refractivity contribution in [2.75, 3.05) is 0 Å². The Kier molecular flexibility index (Phi) is 4.20. The second-order valence-electron chi connectivity index (χ2n) is 4.63. The number of hydrogen-bond donors (Lipinski definition) is 0. The molecule has 2 aromatic heterocycles. The summed E-state index contributed by atoms with van der Waals surface area (Å²) in [5.41, 5.74) is 0.576. The molecule has 0 fully saturated rings. The molecule has 0 saturated heterocycles. The monoisotopic (exact) mass is 337 g/mol. The largest absolute Gasteiger partial charge is 0.438 e. The van der Waals surface area contributed by atoms with Crippen molar-refractivity contribution in [1.29, 1.82) is 0 Å². The quantitative estimate of drug-likeness (QED) is 0.682. The molecule has 0 aliphatic carbocycles. The molecule has 3 aromatic rings. The van der Waals surface area contributed by atoms with Crippen molar-refractivity contribution >= 4 is 11.6 Å². The van der Waals surface area contributed by atoms with Gasteiger partial charge in [0.1, 0.15) is 17.8 Å². The lowest BCUT2D eigenvalue weighted by Crippen LogP contribution is -1.93. The van der Waals surface area contributed by atoms with Gasteiger partial charge < -0.3 is 9.26 Å². The van der Waals surface area contributed by atoms with Gasteiger partial charge in [-0.3, -0.25) is 0 Å². The molecule has 0 saturated carbocycles. The number of benzene rings is 1. The van der Waals surface area contributed by atoms with Crippen LogP contribution in [-0.2, 0) is 0 Å². The number of rotatable bonds is 4. The highest BCUT2D eigenvalue weighted by Crippen LogP contribution is 2.39. The molecule has 23 heavy (non-hydrogen) atoms. The van der Waals surface area contributed by atoms with Crippen LogP contribution in [0.25, 0.3) is 11.3 Å². The molecule has 8 heteroatoms. The molecule has 0 aliphatic heterocycles. The fourth-order valence-electron chi connectivity index (χ4n) is 1.94. The number of nitrogens with zero attached hydrogens (tertiary/aromatic N) is 3. The zero-order valence-electron chi connectivity index (χ0n) is 11.8. The average molecular weight is 338 g/mol. The number of alkyl halides is 2. The van der Waals surface area contributed by atoms with E-state index in [4.69, 9.17) is 20.9 Å². The van der Waals surface area contributed by atoms with E-state index in [0.29, 0.717) is 17.2 Å². The Bertz CT molecular complexity index is 839. The first kappa shape index (κ1) is 15.4. The predicted octanol–water partition coefficient (Wildman–Crippen LogP) is 4.82. The number of aromatic nitrogens is 3.